The Hall–Kier alpha value is -0.160. The summed E-state index contributed by atoms with van der Waals surface area (Å²) in [5.74, 6) is 0. The minimum atomic E-state index is 0.00916. The number of nitrogens with zero attached hydrogens (tertiary/aromatic N) is 1. The van der Waals surface area contributed by atoms with Crippen LogP contribution in [0.4, 0.5) is 0 Å². The van der Waals surface area contributed by atoms with Crippen LogP contribution in [0.5, 0.6) is 0 Å². The van der Waals surface area contributed by atoms with Crippen molar-refractivity contribution in [3.63, 3.8) is 0 Å². The molecule has 0 bridgehead atoms. The SMILES string of the molecule is COC1(C)CCCN(CCOCCO)C1. The van der Waals surface area contributed by atoms with Gasteiger partial charge in [0.05, 0.1) is 25.4 Å². The zero-order valence-electron chi connectivity index (χ0n) is 9.87. The monoisotopic (exact) mass is 217 g/mol. The van der Waals surface area contributed by atoms with E-state index in [2.05, 4.69) is 11.8 Å². The summed E-state index contributed by atoms with van der Waals surface area (Å²) >= 11 is 0. The van der Waals surface area contributed by atoms with Crippen molar-refractivity contribution in [2.75, 3.05) is 46.6 Å². The van der Waals surface area contributed by atoms with Crippen molar-refractivity contribution in [2.45, 2.75) is 25.4 Å². The molecule has 1 aliphatic heterocycles. The molecule has 1 fully saturated rings. The molecule has 90 valence electrons. The lowest BCUT2D eigenvalue weighted by molar-refractivity contribution is -0.0560. The lowest BCUT2D eigenvalue weighted by Crippen LogP contribution is -2.48. The van der Waals surface area contributed by atoms with Crippen molar-refractivity contribution in [1.29, 1.82) is 0 Å². The van der Waals surface area contributed by atoms with Gasteiger partial charge in [0.15, 0.2) is 0 Å². The number of methoxy groups -OCH3 is 1. The van der Waals surface area contributed by atoms with Gasteiger partial charge in [0.1, 0.15) is 0 Å². The molecule has 0 aromatic heterocycles. The molecule has 1 aliphatic rings. The number of hydrogen-bond donors (Lipinski definition) is 1. The van der Waals surface area contributed by atoms with E-state index in [1.54, 1.807) is 7.11 Å². The second kappa shape index (κ2) is 6.43. The Balaban J connectivity index is 2.18. The number of piperidine rings is 1. The Morgan fingerprint density at radius 3 is 2.87 bits per heavy atom. The molecule has 1 rings (SSSR count). The van der Waals surface area contributed by atoms with Gasteiger partial charge in [0.25, 0.3) is 0 Å². The summed E-state index contributed by atoms with van der Waals surface area (Å²) in [6, 6.07) is 0. The summed E-state index contributed by atoms with van der Waals surface area (Å²) in [6.07, 6.45) is 2.32. The fourth-order valence-electron chi connectivity index (χ4n) is 2.03. The fourth-order valence-corrected chi connectivity index (χ4v) is 2.03. The van der Waals surface area contributed by atoms with Gasteiger partial charge < -0.3 is 14.6 Å². The Morgan fingerprint density at radius 2 is 2.20 bits per heavy atom. The molecule has 0 aromatic carbocycles. The smallest absolute Gasteiger partial charge is 0.0777 e. The van der Waals surface area contributed by atoms with E-state index in [0.29, 0.717) is 13.2 Å². The molecule has 0 saturated carbocycles. The van der Waals surface area contributed by atoms with E-state index in [-0.39, 0.29) is 12.2 Å². The van der Waals surface area contributed by atoms with Crippen LogP contribution in [-0.4, -0.2) is 62.2 Å². The highest BCUT2D eigenvalue weighted by molar-refractivity contribution is 4.84. The molecule has 1 N–H and O–H groups in total. The van der Waals surface area contributed by atoms with Crippen molar-refractivity contribution < 1.29 is 14.6 Å². The normalized spacial score (nSPS) is 28.2. The van der Waals surface area contributed by atoms with Crippen LogP contribution in [0.1, 0.15) is 19.8 Å². The second-order valence-electron chi connectivity index (χ2n) is 4.37. The molecule has 1 unspecified atom stereocenters. The molecule has 0 amide bonds. The molecule has 0 spiro atoms. The summed E-state index contributed by atoms with van der Waals surface area (Å²) in [4.78, 5) is 2.37. The predicted molar refractivity (Wildman–Crippen MR) is 59.0 cm³/mol. The Bertz CT molecular complexity index is 177. The number of aliphatic hydroxyl groups is 1. The van der Waals surface area contributed by atoms with E-state index in [1.165, 1.54) is 6.42 Å². The van der Waals surface area contributed by atoms with E-state index < -0.39 is 0 Å². The first-order valence-corrected chi connectivity index (χ1v) is 5.66. The summed E-state index contributed by atoms with van der Waals surface area (Å²) in [6.45, 7) is 6.44. The van der Waals surface area contributed by atoms with Crippen LogP contribution in [0.2, 0.25) is 0 Å². The maximum absolute atomic E-state index is 8.57. The van der Waals surface area contributed by atoms with Crippen LogP contribution in [-0.2, 0) is 9.47 Å². The summed E-state index contributed by atoms with van der Waals surface area (Å²) in [5.41, 5.74) is 0.00916. The molecule has 1 heterocycles. The molecule has 0 aromatic rings. The average Bonchev–Trinajstić information content (AvgIpc) is 2.25. The zero-order chi connectivity index (χ0) is 11.1. The Morgan fingerprint density at radius 1 is 1.40 bits per heavy atom. The number of hydrogen-bond acceptors (Lipinski definition) is 4. The van der Waals surface area contributed by atoms with Crippen molar-refractivity contribution in [3.05, 3.63) is 0 Å². The number of ether oxygens (including phenoxy) is 2. The van der Waals surface area contributed by atoms with Crippen LogP contribution in [0.15, 0.2) is 0 Å². The van der Waals surface area contributed by atoms with E-state index >= 15 is 0 Å². The van der Waals surface area contributed by atoms with E-state index in [4.69, 9.17) is 14.6 Å². The highest BCUT2D eigenvalue weighted by Gasteiger charge is 2.30. The third-order valence-electron chi connectivity index (χ3n) is 3.02. The van der Waals surface area contributed by atoms with Gasteiger partial charge in [-0.05, 0) is 26.3 Å². The lowest BCUT2D eigenvalue weighted by atomic mass is 9.95. The van der Waals surface area contributed by atoms with Crippen molar-refractivity contribution >= 4 is 0 Å². The highest BCUT2D eigenvalue weighted by Crippen LogP contribution is 2.23. The van der Waals surface area contributed by atoms with Gasteiger partial charge in [-0.1, -0.05) is 0 Å². The van der Waals surface area contributed by atoms with Gasteiger partial charge >= 0.3 is 0 Å². The standard InChI is InChI=1S/C11H23NO3/c1-11(14-2)4-3-5-12(10-11)6-8-15-9-7-13/h13H,3-10H2,1-2H3. The quantitative estimate of drug-likeness (QED) is 0.658. The first-order valence-electron chi connectivity index (χ1n) is 5.66. The van der Waals surface area contributed by atoms with E-state index in [9.17, 15) is 0 Å². The third kappa shape index (κ3) is 4.47. The number of aliphatic hydroxyl groups excluding tert-OH is 1. The first kappa shape index (κ1) is 12.9. The Labute approximate surface area is 92.2 Å². The second-order valence-corrected chi connectivity index (χ2v) is 4.37. The summed E-state index contributed by atoms with van der Waals surface area (Å²) < 4.78 is 10.8. The van der Waals surface area contributed by atoms with Crippen LogP contribution >= 0.6 is 0 Å². The largest absolute Gasteiger partial charge is 0.394 e. The average molecular weight is 217 g/mol. The van der Waals surface area contributed by atoms with E-state index in [0.717, 1.165) is 26.1 Å². The first-order chi connectivity index (χ1) is 7.20. The van der Waals surface area contributed by atoms with Gasteiger partial charge in [0, 0.05) is 20.2 Å². The summed E-state index contributed by atoms with van der Waals surface area (Å²) in [7, 11) is 1.78. The van der Waals surface area contributed by atoms with Gasteiger partial charge in [-0.2, -0.15) is 0 Å². The molecule has 4 nitrogen and oxygen atoms in total. The van der Waals surface area contributed by atoms with Crippen LogP contribution in [0, 0.1) is 0 Å². The van der Waals surface area contributed by atoms with Crippen LogP contribution in [0.3, 0.4) is 0 Å². The van der Waals surface area contributed by atoms with Gasteiger partial charge in [-0.25, -0.2) is 0 Å². The third-order valence-corrected chi connectivity index (χ3v) is 3.02. The number of likely N-dealkylation sites (tertiary alicyclic amines) is 1. The molecule has 15 heavy (non-hydrogen) atoms. The lowest BCUT2D eigenvalue weighted by Gasteiger charge is -2.39. The van der Waals surface area contributed by atoms with Crippen LogP contribution in [0.25, 0.3) is 0 Å². The topological polar surface area (TPSA) is 41.9 Å². The predicted octanol–water partition coefficient (Wildman–Crippen LogP) is 0.496. The summed E-state index contributed by atoms with van der Waals surface area (Å²) in [5, 5.41) is 8.57. The molecule has 1 saturated heterocycles. The fraction of sp³-hybridized carbons (Fsp3) is 1.00. The molecule has 4 heteroatoms. The van der Waals surface area contributed by atoms with E-state index in [1.807, 2.05) is 0 Å². The molecular weight excluding hydrogens is 194 g/mol. The van der Waals surface area contributed by atoms with Crippen LogP contribution < -0.4 is 0 Å². The minimum absolute atomic E-state index is 0.00916. The van der Waals surface area contributed by atoms with Crippen molar-refractivity contribution in [1.82, 2.24) is 4.90 Å². The molecule has 0 radical (unpaired) electrons. The maximum Gasteiger partial charge on any atom is 0.0777 e. The van der Waals surface area contributed by atoms with Gasteiger partial charge in [0.2, 0.25) is 0 Å². The number of rotatable bonds is 6. The highest BCUT2D eigenvalue weighted by atomic mass is 16.5. The Kier molecular flexibility index (Phi) is 5.53. The zero-order valence-corrected chi connectivity index (χ0v) is 9.87. The van der Waals surface area contributed by atoms with Crippen molar-refractivity contribution in [2.24, 2.45) is 0 Å². The van der Waals surface area contributed by atoms with Gasteiger partial charge in [-0.15, -0.1) is 0 Å². The molecule has 0 aliphatic carbocycles. The maximum atomic E-state index is 8.57. The van der Waals surface area contributed by atoms with Gasteiger partial charge in [-0.3, -0.25) is 4.90 Å². The molecular formula is C11H23NO3. The van der Waals surface area contributed by atoms with Crippen molar-refractivity contribution in [3.8, 4) is 0 Å². The molecule has 1 atom stereocenters. The minimum Gasteiger partial charge on any atom is -0.394 e.